The zero-order valence-corrected chi connectivity index (χ0v) is 16.0. The quantitative estimate of drug-likeness (QED) is 0.708. The Morgan fingerprint density at radius 2 is 2.11 bits per heavy atom. The number of ether oxygens (including phenoxy) is 2. The van der Waals surface area contributed by atoms with E-state index in [-0.39, 0.29) is 24.8 Å². The lowest BCUT2D eigenvalue weighted by atomic mass is 10.0. The lowest BCUT2D eigenvalue weighted by molar-refractivity contribution is -0.141. The summed E-state index contributed by atoms with van der Waals surface area (Å²) >= 11 is 3.39. The van der Waals surface area contributed by atoms with Crippen LogP contribution < -0.4 is 15.4 Å². The molecule has 0 radical (unpaired) electrons. The Morgan fingerprint density at radius 1 is 1.30 bits per heavy atom. The SMILES string of the molecule is COC(=O)CC(NC(=O)c1ccc2c(c1)NC(=O)CO2)c1cccc(Br)c1. The number of benzene rings is 2. The van der Waals surface area contributed by atoms with Gasteiger partial charge >= 0.3 is 5.97 Å². The molecule has 0 saturated heterocycles. The highest BCUT2D eigenvalue weighted by Crippen LogP contribution is 2.29. The molecule has 1 unspecified atom stereocenters. The van der Waals surface area contributed by atoms with Crippen LogP contribution in [0.3, 0.4) is 0 Å². The molecule has 8 heteroatoms. The minimum atomic E-state index is -0.565. The van der Waals surface area contributed by atoms with Crippen molar-refractivity contribution in [2.24, 2.45) is 0 Å². The van der Waals surface area contributed by atoms with Gasteiger partial charge in [-0.3, -0.25) is 14.4 Å². The number of halogens is 1. The van der Waals surface area contributed by atoms with E-state index in [2.05, 4.69) is 26.6 Å². The Labute approximate surface area is 164 Å². The van der Waals surface area contributed by atoms with Gasteiger partial charge in [0.15, 0.2) is 6.61 Å². The molecule has 7 nitrogen and oxygen atoms in total. The summed E-state index contributed by atoms with van der Waals surface area (Å²) in [7, 11) is 1.30. The first-order valence-electron chi connectivity index (χ1n) is 8.16. The van der Waals surface area contributed by atoms with Crippen LogP contribution in [-0.4, -0.2) is 31.5 Å². The molecule has 0 fully saturated rings. The summed E-state index contributed by atoms with van der Waals surface area (Å²) in [5, 5.41) is 5.51. The maximum absolute atomic E-state index is 12.7. The molecule has 140 valence electrons. The highest BCUT2D eigenvalue weighted by atomic mass is 79.9. The lowest BCUT2D eigenvalue weighted by Gasteiger charge is -2.20. The van der Waals surface area contributed by atoms with Crippen molar-refractivity contribution in [1.29, 1.82) is 0 Å². The molecule has 1 aliphatic heterocycles. The maximum atomic E-state index is 12.7. The molecule has 2 amide bonds. The van der Waals surface area contributed by atoms with E-state index in [4.69, 9.17) is 9.47 Å². The molecule has 1 atom stereocenters. The maximum Gasteiger partial charge on any atom is 0.307 e. The van der Waals surface area contributed by atoms with Gasteiger partial charge in [0.1, 0.15) is 5.75 Å². The molecule has 0 aliphatic carbocycles. The van der Waals surface area contributed by atoms with E-state index in [1.165, 1.54) is 13.2 Å². The monoisotopic (exact) mass is 432 g/mol. The van der Waals surface area contributed by atoms with Gasteiger partial charge in [-0.05, 0) is 35.9 Å². The van der Waals surface area contributed by atoms with E-state index in [0.29, 0.717) is 17.0 Å². The molecule has 0 spiro atoms. The Hall–Kier alpha value is -2.87. The van der Waals surface area contributed by atoms with E-state index in [1.807, 2.05) is 24.3 Å². The number of hydrogen-bond acceptors (Lipinski definition) is 5. The molecule has 0 saturated carbocycles. The number of esters is 1. The summed E-state index contributed by atoms with van der Waals surface area (Å²) in [5.41, 5.74) is 1.54. The van der Waals surface area contributed by atoms with Crippen molar-refractivity contribution in [3.8, 4) is 5.75 Å². The second-order valence-corrected chi connectivity index (χ2v) is 6.82. The Bertz CT molecular complexity index is 899. The van der Waals surface area contributed by atoms with Gasteiger partial charge in [0, 0.05) is 10.0 Å². The lowest BCUT2D eigenvalue weighted by Crippen LogP contribution is -2.31. The number of nitrogens with one attached hydrogen (secondary N) is 2. The van der Waals surface area contributed by atoms with Gasteiger partial charge in [-0.2, -0.15) is 0 Å². The molecule has 0 aromatic heterocycles. The number of fused-ring (bicyclic) bond motifs is 1. The van der Waals surface area contributed by atoms with Crippen molar-refractivity contribution < 1.29 is 23.9 Å². The van der Waals surface area contributed by atoms with Gasteiger partial charge < -0.3 is 20.1 Å². The van der Waals surface area contributed by atoms with Crippen molar-refractivity contribution in [1.82, 2.24) is 5.32 Å². The van der Waals surface area contributed by atoms with E-state index >= 15 is 0 Å². The van der Waals surface area contributed by atoms with E-state index < -0.39 is 12.0 Å². The molecule has 1 heterocycles. The topological polar surface area (TPSA) is 93.7 Å². The average Bonchev–Trinajstić information content (AvgIpc) is 2.66. The van der Waals surface area contributed by atoms with Crippen LogP contribution in [0.15, 0.2) is 46.9 Å². The van der Waals surface area contributed by atoms with Gasteiger partial charge in [-0.15, -0.1) is 0 Å². The second-order valence-electron chi connectivity index (χ2n) is 5.91. The number of carbonyl (C=O) groups excluding carboxylic acids is 3. The van der Waals surface area contributed by atoms with Crippen LogP contribution in [0.5, 0.6) is 5.75 Å². The minimum Gasteiger partial charge on any atom is -0.482 e. The molecule has 2 N–H and O–H groups in total. The van der Waals surface area contributed by atoms with Crippen molar-refractivity contribution in [2.75, 3.05) is 19.0 Å². The first-order chi connectivity index (χ1) is 13.0. The summed E-state index contributed by atoms with van der Waals surface area (Å²) in [6.07, 6.45) is -0.0104. The zero-order valence-electron chi connectivity index (χ0n) is 14.5. The van der Waals surface area contributed by atoms with Crippen LogP contribution in [0, 0.1) is 0 Å². The molecule has 2 aromatic carbocycles. The number of amides is 2. The predicted molar refractivity (Wildman–Crippen MR) is 102 cm³/mol. The minimum absolute atomic E-state index is 0.0104. The van der Waals surface area contributed by atoms with E-state index in [0.717, 1.165) is 10.0 Å². The molecule has 0 bridgehead atoms. The molecule has 2 aromatic rings. The number of rotatable bonds is 5. The smallest absolute Gasteiger partial charge is 0.307 e. The third kappa shape index (κ3) is 4.65. The van der Waals surface area contributed by atoms with Gasteiger partial charge in [0.2, 0.25) is 0 Å². The van der Waals surface area contributed by atoms with Crippen LogP contribution in [0.1, 0.15) is 28.4 Å². The van der Waals surface area contributed by atoms with Crippen molar-refractivity contribution in [2.45, 2.75) is 12.5 Å². The highest BCUT2D eigenvalue weighted by Gasteiger charge is 2.22. The number of carbonyl (C=O) groups is 3. The predicted octanol–water partition coefficient (Wildman–Crippen LogP) is 2.81. The van der Waals surface area contributed by atoms with Gasteiger partial charge in [0.25, 0.3) is 11.8 Å². The Balaban J connectivity index is 1.82. The molecule has 27 heavy (non-hydrogen) atoms. The van der Waals surface area contributed by atoms with Crippen LogP contribution in [0.2, 0.25) is 0 Å². The fourth-order valence-corrected chi connectivity index (χ4v) is 3.11. The van der Waals surface area contributed by atoms with Crippen molar-refractivity contribution >= 4 is 39.4 Å². The molecular weight excluding hydrogens is 416 g/mol. The summed E-state index contributed by atoms with van der Waals surface area (Å²) in [6.45, 7) is -0.0529. The summed E-state index contributed by atoms with van der Waals surface area (Å²) in [4.78, 5) is 36.0. The van der Waals surface area contributed by atoms with Crippen molar-refractivity contribution in [3.63, 3.8) is 0 Å². The Morgan fingerprint density at radius 3 is 2.85 bits per heavy atom. The highest BCUT2D eigenvalue weighted by molar-refractivity contribution is 9.10. The van der Waals surface area contributed by atoms with Crippen LogP contribution in [-0.2, 0) is 14.3 Å². The van der Waals surface area contributed by atoms with Gasteiger partial charge in [-0.25, -0.2) is 0 Å². The van der Waals surface area contributed by atoms with E-state index in [1.54, 1.807) is 12.1 Å². The third-order valence-corrected chi connectivity index (χ3v) is 4.52. The fraction of sp³-hybridized carbons (Fsp3) is 0.211. The summed E-state index contributed by atoms with van der Waals surface area (Å²) in [5.74, 6) is -0.597. The number of hydrogen-bond donors (Lipinski definition) is 2. The van der Waals surface area contributed by atoms with Crippen molar-refractivity contribution in [3.05, 3.63) is 58.1 Å². The Kier molecular flexibility index (Phi) is 5.75. The fourth-order valence-electron chi connectivity index (χ4n) is 2.69. The standard InChI is InChI=1S/C19H17BrN2O5/c1-26-18(24)9-14(11-3-2-4-13(20)7-11)22-19(25)12-5-6-16-15(8-12)21-17(23)10-27-16/h2-8,14H,9-10H2,1H3,(H,21,23)(H,22,25). The van der Waals surface area contributed by atoms with Crippen LogP contribution in [0.4, 0.5) is 5.69 Å². The largest absolute Gasteiger partial charge is 0.482 e. The zero-order chi connectivity index (χ0) is 19.4. The van der Waals surface area contributed by atoms with Crippen LogP contribution in [0.25, 0.3) is 0 Å². The number of methoxy groups -OCH3 is 1. The third-order valence-electron chi connectivity index (χ3n) is 4.03. The van der Waals surface area contributed by atoms with E-state index in [9.17, 15) is 14.4 Å². The number of anilines is 1. The van der Waals surface area contributed by atoms with Crippen LogP contribution >= 0.6 is 15.9 Å². The molecule has 3 rings (SSSR count). The normalized spacial score (nSPS) is 13.6. The summed E-state index contributed by atoms with van der Waals surface area (Å²) in [6, 6.07) is 11.5. The summed E-state index contributed by atoms with van der Waals surface area (Å²) < 4.78 is 10.9. The first-order valence-corrected chi connectivity index (χ1v) is 8.95. The average molecular weight is 433 g/mol. The van der Waals surface area contributed by atoms with Gasteiger partial charge in [0.05, 0.1) is 25.3 Å². The first kappa shape index (κ1) is 18.9. The van der Waals surface area contributed by atoms with Gasteiger partial charge in [-0.1, -0.05) is 28.1 Å². The molecule has 1 aliphatic rings. The second kappa shape index (κ2) is 8.22. The molecular formula is C19H17BrN2O5.